The van der Waals surface area contributed by atoms with Gasteiger partial charge in [-0.3, -0.25) is 14.4 Å². The maximum absolute atomic E-state index is 12.2. The largest absolute Gasteiger partial charge is 0.354 e. The quantitative estimate of drug-likeness (QED) is 0.570. The Morgan fingerprint density at radius 1 is 1.20 bits per heavy atom. The highest BCUT2D eigenvalue weighted by Crippen LogP contribution is 2.27. The van der Waals surface area contributed by atoms with Crippen molar-refractivity contribution in [2.75, 3.05) is 30.8 Å². The van der Waals surface area contributed by atoms with E-state index in [0.717, 1.165) is 10.6 Å². The number of amides is 3. The van der Waals surface area contributed by atoms with Gasteiger partial charge in [-0.05, 0) is 30.5 Å². The second kappa shape index (κ2) is 8.89. The van der Waals surface area contributed by atoms with Crippen molar-refractivity contribution in [3.63, 3.8) is 0 Å². The molecule has 3 amide bonds. The van der Waals surface area contributed by atoms with Crippen molar-refractivity contribution in [1.29, 1.82) is 0 Å². The zero-order chi connectivity index (χ0) is 18.4. The van der Waals surface area contributed by atoms with Crippen LogP contribution < -0.4 is 15.5 Å². The number of nitrogens with one attached hydrogen (secondary N) is 2. The van der Waals surface area contributed by atoms with Gasteiger partial charge in [0, 0.05) is 42.6 Å². The number of carbonyl (C=O) groups excluding carboxylic acids is 3. The number of rotatable bonds is 7. The fourth-order valence-corrected chi connectivity index (χ4v) is 3.02. The van der Waals surface area contributed by atoms with Crippen LogP contribution in [0.15, 0.2) is 29.2 Å². The predicted octanol–water partition coefficient (Wildman–Crippen LogP) is 1.65. The van der Waals surface area contributed by atoms with E-state index in [1.54, 1.807) is 16.7 Å². The Kier molecular flexibility index (Phi) is 6.87. The molecule has 1 heterocycles. The lowest BCUT2D eigenvalue weighted by molar-refractivity contribution is -0.126. The first kappa shape index (κ1) is 19.3. The molecule has 2 N–H and O–H groups in total. The van der Waals surface area contributed by atoms with Gasteiger partial charge < -0.3 is 15.5 Å². The number of nitrogens with zero attached hydrogens (tertiary/aromatic N) is 1. The molecule has 7 heteroatoms. The van der Waals surface area contributed by atoms with Gasteiger partial charge >= 0.3 is 0 Å². The number of hydrogen-bond donors (Lipinski definition) is 2. The smallest absolute Gasteiger partial charge is 0.227 e. The molecular formula is C18H25N3O3S. The van der Waals surface area contributed by atoms with E-state index in [1.807, 2.05) is 44.4 Å². The van der Waals surface area contributed by atoms with Gasteiger partial charge in [-0.25, -0.2) is 0 Å². The van der Waals surface area contributed by atoms with Crippen LogP contribution in [0, 0.1) is 11.8 Å². The predicted molar refractivity (Wildman–Crippen MR) is 99.5 cm³/mol. The number of benzene rings is 1. The average Bonchev–Trinajstić information content (AvgIpc) is 3.00. The molecule has 0 aromatic heterocycles. The van der Waals surface area contributed by atoms with Crippen molar-refractivity contribution >= 4 is 35.2 Å². The van der Waals surface area contributed by atoms with Crippen LogP contribution in [0.5, 0.6) is 0 Å². The van der Waals surface area contributed by atoms with Gasteiger partial charge in [0.15, 0.2) is 0 Å². The summed E-state index contributed by atoms with van der Waals surface area (Å²) in [7, 11) is 0. The molecule has 0 radical (unpaired) electrons. The van der Waals surface area contributed by atoms with Gasteiger partial charge in [-0.15, -0.1) is 11.8 Å². The van der Waals surface area contributed by atoms with E-state index in [0.29, 0.717) is 19.6 Å². The summed E-state index contributed by atoms with van der Waals surface area (Å²) in [5.41, 5.74) is 0.822. The molecule has 6 nitrogen and oxygen atoms in total. The van der Waals surface area contributed by atoms with Crippen LogP contribution in [0.25, 0.3) is 0 Å². The van der Waals surface area contributed by atoms with E-state index >= 15 is 0 Å². The first-order valence-corrected chi connectivity index (χ1v) is 9.64. The highest BCUT2D eigenvalue weighted by Gasteiger charge is 2.34. The monoisotopic (exact) mass is 363 g/mol. The van der Waals surface area contributed by atoms with Crippen molar-refractivity contribution < 1.29 is 14.4 Å². The zero-order valence-corrected chi connectivity index (χ0v) is 15.7. The van der Waals surface area contributed by atoms with E-state index in [-0.39, 0.29) is 36.0 Å². The molecule has 25 heavy (non-hydrogen) atoms. The zero-order valence-electron chi connectivity index (χ0n) is 14.9. The average molecular weight is 363 g/mol. The van der Waals surface area contributed by atoms with E-state index < -0.39 is 0 Å². The minimum atomic E-state index is -0.353. The molecule has 1 aromatic carbocycles. The molecule has 1 fully saturated rings. The van der Waals surface area contributed by atoms with Crippen LogP contribution >= 0.6 is 11.8 Å². The normalized spacial score (nSPS) is 17.0. The Labute approximate surface area is 152 Å². The van der Waals surface area contributed by atoms with E-state index in [1.165, 1.54) is 0 Å². The Bertz CT molecular complexity index is 631. The summed E-state index contributed by atoms with van der Waals surface area (Å²) >= 11 is 1.64. The summed E-state index contributed by atoms with van der Waals surface area (Å²) in [6, 6.07) is 7.76. The third kappa shape index (κ3) is 5.22. The van der Waals surface area contributed by atoms with Gasteiger partial charge in [-0.2, -0.15) is 0 Å². The van der Waals surface area contributed by atoms with E-state index in [2.05, 4.69) is 10.6 Å². The molecule has 1 aliphatic heterocycles. The summed E-state index contributed by atoms with van der Waals surface area (Å²) in [6.45, 7) is 4.78. The second-order valence-electron chi connectivity index (χ2n) is 6.34. The van der Waals surface area contributed by atoms with Crippen LogP contribution in [0.3, 0.4) is 0 Å². The number of carbonyl (C=O) groups is 3. The highest BCUT2D eigenvalue weighted by atomic mass is 32.2. The molecule has 0 aliphatic carbocycles. The molecule has 0 bridgehead atoms. The number of anilines is 1. The fourth-order valence-electron chi connectivity index (χ4n) is 2.61. The first-order valence-electron chi connectivity index (χ1n) is 8.42. The molecule has 0 spiro atoms. The van der Waals surface area contributed by atoms with Crippen molar-refractivity contribution in [2.45, 2.75) is 25.2 Å². The molecule has 1 aromatic rings. The lowest BCUT2D eigenvalue weighted by Gasteiger charge is -2.17. The fraction of sp³-hybridized carbons (Fsp3) is 0.500. The molecule has 1 saturated heterocycles. The van der Waals surface area contributed by atoms with Gasteiger partial charge in [-0.1, -0.05) is 13.8 Å². The van der Waals surface area contributed by atoms with Crippen LogP contribution in [-0.4, -0.2) is 43.6 Å². The maximum Gasteiger partial charge on any atom is 0.227 e. The lowest BCUT2D eigenvalue weighted by atomic mass is 10.1. The Morgan fingerprint density at radius 3 is 2.44 bits per heavy atom. The lowest BCUT2D eigenvalue weighted by Crippen LogP contribution is -2.39. The van der Waals surface area contributed by atoms with E-state index in [4.69, 9.17) is 0 Å². The SMILES string of the molecule is CSc1ccc(N2CC(C(=O)NCCNC(=O)C(C)C)CC2=O)cc1. The number of thioether (sulfide) groups is 1. The third-order valence-corrected chi connectivity index (χ3v) is 4.87. The van der Waals surface area contributed by atoms with Gasteiger partial charge in [0.05, 0.1) is 5.92 Å². The Hall–Kier alpha value is -2.02. The van der Waals surface area contributed by atoms with Gasteiger partial charge in [0.2, 0.25) is 17.7 Å². The molecule has 2 rings (SSSR count). The molecule has 0 saturated carbocycles. The van der Waals surface area contributed by atoms with Crippen LogP contribution in [0.4, 0.5) is 5.69 Å². The van der Waals surface area contributed by atoms with Crippen LogP contribution in [0.2, 0.25) is 0 Å². The Morgan fingerprint density at radius 2 is 1.84 bits per heavy atom. The minimum absolute atomic E-state index is 0.0369. The van der Waals surface area contributed by atoms with E-state index in [9.17, 15) is 14.4 Å². The summed E-state index contributed by atoms with van der Waals surface area (Å²) in [4.78, 5) is 38.7. The van der Waals surface area contributed by atoms with Crippen LogP contribution in [-0.2, 0) is 14.4 Å². The summed E-state index contributed by atoms with van der Waals surface area (Å²) in [5, 5.41) is 5.54. The third-order valence-electron chi connectivity index (χ3n) is 4.13. The maximum atomic E-state index is 12.2. The molecule has 1 atom stereocenters. The molecule has 1 aliphatic rings. The Balaban J connectivity index is 1.82. The second-order valence-corrected chi connectivity index (χ2v) is 7.22. The summed E-state index contributed by atoms with van der Waals surface area (Å²) < 4.78 is 0. The van der Waals surface area contributed by atoms with Gasteiger partial charge in [0.25, 0.3) is 0 Å². The minimum Gasteiger partial charge on any atom is -0.354 e. The van der Waals surface area contributed by atoms with Crippen molar-refractivity contribution in [2.24, 2.45) is 11.8 Å². The first-order chi connectivity index (χ1) is 11.9. The topological polar surface area (TPSA) is 78.5 Å². The summed E-state index contributed by atoms with van der Waals surface area (Å²) in [6.07, 6.45) is 2.22. The summed E-state index contributed by atoms with van der Waals surface area (Å²) in [5.74, 6) is -0.645. The highest BCUT2D eigenvalue weighted by molar-refractivity contribution is 7.98. The van der Waals surface area contributed by atoms with Crippen molar-refractivity contribution in [1.82, 2.24) is 10.6 Å². The standard InChI is InChI=1S/C18H25N3O3S/c1-12(2)17(23)19-8-9-20-18(24)13-10-16(22)21(11-13)14-4-6-15(25-3)7-5-14/h4-7,12-13H,8-11H2,1-3H3,(H,19,23)(H,20,24). The van der Waals surface area contributed by atoms with Crippen molar-refractivity contribution in [3.05, 3.63) is 24.3 Å². The number of hydrogen-bond acceptors (Lipinski definition) is 4. The molecular weight excluding hydrogens is 338 g/mol. The molecule has 1 unspecified atom stereocenters. The van der Waals surface area contributed by atoms with Crippen molar-refractivity contribution in [3.8, 4) is 0 Å². The van der Waals surface area contributed by atoms with Crippen LogP contribution in [0.1, 0.15) is 20.3 Å². The molecule has 136 valence electrons. The van der Waals surface area contributed by atoms with Gasteiger partial charge in [0.1, 0.15) is 0 Å².